The third-order valence-electron chi connectivity index (χ3n) is 16.2. The summed E-state index contributed by atoms with van der Waals surface area (Å²) in [5.74, 6) is -0.276. The Morgan fingerprint density at radius 3 is 2.15 bits per heavy atom. The zero-order chi connectivity index (χ0) is 38.6. The van der Waals surface area contributed by atoms with Crippen molar-refractivity contribution >= 4 is 11.9 Å². The maximum absolute atomic E-state index is 12.3. The predicted molar refractivity (Wildman–Crippen MR) is 188 cm³/mol. The molecule has 6 aliphatic rings. The summed E-state index contributed by atoms with van der Waals surface area (Å²) < 4.78 is 24.5. The van der Waals surface area contributed by atoms with Crippen molar-refractivity contribution in [1.82, 2.24) is 0 Å². The van der Waals surface area contributed by atoms with Crippen molar-refractivity contribution in [2.45, 2.75) is 181 Å². The van der Waals surface area contributed by atoms with Gasteiger partial charge in [-0.05, 0) is 112 Å². The van der Waals surface area contributed by atoms with Gasteiger partial charge in [-0.25, -0.2) is 0 Å². The zero-order valence-electron chi connectivity index (χ0n) is 32.7. The van der Waals surface area contributed by atoms with Gasteiger partial charge in [0.2, 0.25) is 0 Å². The fourth-order valence-electron chi connectivity index (χ4n) is 13.8. The van der Waals surface area contributed by atoms with E-state index in [0.717, 1.165) is 44.9 Å². The molecule has 0 aromatic rings. The number of hydrogen-bond donors (Lipinski definition) is 6. The monoisotopic (exact) mass is 738 g/mol. The lowest BCUT2D eigenvalue weighted by molar-refractivity contribution is -0.344. The Morgan fingerprint density at radius 2 is 1.56 bits per heavy atom. The molecule has 0 unspecified atom stereocenters. The number of rotatable bonds is 10. The van der Waals surface area contributed by atoms with Crippen LogP contribution >= 0.6 is 0 Å². The molecule has 1 heterocycles. The first-order valence-electron chi connectivity index (χ1n) is 19.7. The minimum absolute atomic E-state index is 0.00246. The first-order chi connectivity index (χ1) is 24.0. The van der Waals surface area contributed by atoms with Gasteiger partial charge in [0.25, 0.3) is 0 Å². The molecule has 0 amide bonds. The van der Waals surface area contributed by atoms with Crippen LogP contribution in [-0.4, -0.2) is 110 Å². The Kier molecular flexibility index (Phi) is 10.4. The number of carbonyl (C=O) groups is 2. The van der Waals surface area contributed by atoms with Gasteiger partial charge in [0.1, 0.15) is 30.5 Å². The standard InChI is InChI=1S/C40H66O12/c1-20(16-24(44)33(47)36(6,7)48)23-10-15-40-19-39(23,40)14-11-26-37(8)13-12-28(49-21(2)42)35(4,5)27(37)17-29(38(26,40)9)52-34-31(46)32(50-22(3)43)30(45)25(18-41)51-34/h20,23-34,41,44-48H,10-19H2,1-9H3/t20-,23-,24-,25-,26-,27+,28-,29-,30-,31-,32+,33+,34+,37-,38+,39+,40-/m1/s1. The topological polar surface area (TPSA) is 192 Å². The summed E-state index contributed by atoms with van der Waals surface area (Å²) in [6.45, 7) is 16.4. The minimum atomic E-state index is -1.50. The number of aliphatic hydroxyl groups is 6. The van der Waals surface area contributed by atoms with Crippen molar-refractivity contribution in [3.63, 3.8) is 0 Å². The average molecular weight is 739 g/mol. The Balaban J connectivity index is 1.37. The van der Waals surface area contributed by atoms with Gasteiger partial charge in [-0.15, -0.1) is 0 Å². The number of aliphatic hydroxyl groups excluding tert-OH is 5. The molecule has 0 aromatic heterocycles. The number of carbonyl (C=O) groups excluding carboxylic acids is 2. The molecule has 0 bridgehead atoms. The van der Waals surface area contributed by atoms with Crippen LogP contribution in [0.3, 0.4) is 0 Å². The summed E-state index contributed by atoms with van der Waals surface area (Å²) in [5.41, 5.74) is -2.40. The number of fused-ring (bicyclic) bond motifs is 3. The molecule has 6 fully saturated rings. The molecule has 17 atom stereocenters. The summed E-state index contributed by atoms with van der Waals surface area (Å²) in [7, 11) is 0. The Labute approximate surface area is 308 Å². The quantitative estimate of drug-likeness (QED) is 0.142. The van der Waals surface area contributed by atoms with Gasteiger partial charge in [-0.1, -0.05) is 34.6 Å². The largest absolute Gasteiger partial charge is 0.462 e. The maximum Gasteiger partial charge on any atom is 0.303 e. The SMILES string of the molecule is CC(=O)O[C@@H]1[C@@H](O)[C@H](O[C@@H]2C[C@H]3C(C)(C)[C@H](OC(C)=O)CC[C@]3(C)[C@H]3CC[C@@]45C[C@]4(CC[C@@H]5[C@H](C)C[C@@H](O)[C@H](O)C(C)(C)O)[C@@]32C)O[C@H](CO)[C@H]1O. The molecule has 52 heavy (non-hydrogen) atoms. The van der Waals surface area contributed by atoms with Gasteiger partial charge in [-0.3, -0.25) is 9.59 Å². The van der Waals surface area contributed by atoms with Crippen molar-refractivity contribution < 1.29 is 59.2 Å². The fourth-order valence-corrected chi connectivity index (χ4v) is 13.8. The lowest BCUT2D eigenvalue weighted by atomic mass is 9.37. The molecule has 0 spiro atoms. The third kappa shape index (κ3) is 5.91. The molecule has 1 aliphatic heterocycles. The van der Waals surface area contributed by atoms with E-state index in [0.29, 0.717) is 18.8 Å². The van der Waals surface area contributed by atoms with E-state index in [2.05, 4.69) is 34.6 Å². The fraction of sp³-hybridized carbons (Fsp3) is 0.950. The molecule has 298 valence electrons. The van der Waals surface area contributed by atoms with Crippen molar-refractivity contribution in [1.29, 1.82) is 0 Å². The number of ether oxygens (including phenoxy) is 4. The summed E-state index contributed by atoms with van der Waals surface area (Å²) in [6.07, 6.45) is -2.15. The summed E-state index contributed by atoms with van der Waals surface area (Å²) >= 11 is 0. The first kappa shape index (κ1) is 40.3. The van der Waals surface area contributed by atoms with Crippen molar-refractivity contribution in [3.05, 3.63) is 0 Å². The zero-order valence-corrected chi connectivity index (χ0v) is 32.7. The summed E-state index contributed by atoms with van der Waals surface area (Å²) in [5, 5.41) is 64.8. The minimum Gasteiger partial charge on any atom is -0.462 e. The van der Waals surface area contributed by atoms with E-state index in [9.17, 15) is 40.2 Å². The van der Waals surface area contributed by atoms with E-state index in [4.69, 9.17) is 18.9 Å². The lowest BCUT2D eigenvalue weighted by Gasteiger charge is -2.69. The van der Waals surface area contributed by atoms with E-state index in [1.165, 1.54) is 27.7 Å². The van der Waals surface area contributed by atoms with Gasteiger partial charge in [0.05, 0.1) is 24.4 Å². The summed E-state index contributed by atoms with van der Waals surface area (Å²) in [4.78, 5) is 24.3. The molecular weight excluding hydrogens is 672 g/mol. The second kappa shape index (κ2) is 13.4. The van der Waals surface area contributed by atoms with Crippen LogP contribution in [0.1, 0.15) is 120 Å². The lowest BCUT2D eigenvalue weighted by Crippen LogP contribution is -2.68. The van der Waals surface area contributed by atoms with Crippen molar-refractivity contribution in [2.75, 3.05) is 6.61 Å². The number of esters is 2. The summed E-state index contributed by atoms with van der Waals surface area (Å²) in [6, 6.07) is 0. The van der Waals surface area contributed by atoms with E-state index in [1.54, 1.807) is 0 Å². The highest BCUT2D eigenvalue weighted by molar-refractivity contribution is 5.66. The van der Waals surface area contributed by atoms with E-state index < -0.39 is 72.6 Å². The maximum atomic E-state index is 12.3. The second-order valence-electron chi connectivity index (χ2n) is 19.5. The molecule has 5 saturated carbocycles. The smallest absolute Gasteiger partial charge is 0.303 e. The molecular formula is C40H66O12. The first-order valence-corrected chi connectivity index (χ1v) is 19.7. The van der Waals surface area contributed by atoms with E-state index >= 15 is 0 Å². The average Bonchev–Trinajstić information content (AvgIpc) is 3.61. The second-order valence-corrected chi connectivity index (χ2v) is 19.5. The van der Waals surface area contributed by atoms with E-state index in [1.807, 2.05) is 0 Å². The van der Waals surface area contributed by atoms with Crippen LogP contribution < -0.4 is 0 Å². The van der Waals surface area contributed by atoms with Crippen LogP contribution in [0, 0.1) is 50.7 Å². The Bertz CT molecular complexity index is 1360. The highest BCUT2D eigenvalue weighted by Gasteiger charge is 2.85. The Morgan fingerprint density at radius 1 is 0.904 bits per heavy atom. The van der Waals surface area contributed by atoms with Gasteiger partial charge < -0.3 is 49.6 Å². The number of hydrogen-bond acceptors (Lipinski definition) is 12. The van der Waals surface area contributed by atoms with Crippen LogP contribution in [0.15, 0.2) is 0 Å². The highest BCUT2D eigenvalue weighted by Crippen LogP contribution is 2.91. The van der Waals surface area contributed by atoms with Gasteiger partial charge in [0.15, 0.2) is 12.4 Å². The highest BCUT2D eigenvalue weighted by atomic mass is 16.7. The predicted octanol–water partition coefficient (Wildman–Crippen LogP) is 3.24. The van der Waals surface area contributed by atoms with Crippen molar-refractivity contribution in [2.24, 2.45) is 50.7 Å². The molecule has 6 N–H and O–H groups in total. The van der Waals surface area contributed by atoms with Gasteiger partial charge in [-0.2, -0.15) is 0 Å². The van der Waals surface area contributed by atoms with Gasteiger partial charge >= 0.3 is 11.9 Å². The van der Waals surface area contributed by atoms with Crippen LogP contribution in [0.25, 0.3) is 0 Å². The molecule has 6 rings (SSSR count). The molecule has 5 aliphatic carbocycles. The normalized spacial score (nSPS) is 48.2. The molecule has 12 heteroatoms. The molecule has 0 aromatic carbocycles. The molecule has 12 nitrogen and oxygen atoms in total. The van der Waals surface area contributed by atoms with Crippen LogP contribution in [0.4, 0.5) is 0 Å². The van der Waals surface area contributed by atoms with Gasteiger partial charge in [0, 0.05) is 24.7 Å². The van der Waals surface area contributed by atoms with Crippen LogP contribution in [0.2, 0.25) is 0 Å². The molecule has 1 saturated heterocycles. The Hall–Kier alpha value is -1.38. The third-order valence-corrected chi connectivity index (χ3v) is 16.2. The molecule has 0 radical (unpaired) electrons. The van der Waals surface area contributed by atoms with Crippen LogP contribution in [0.5, 0.6) is 0 Å². The van der Waals surface area contributed by atoms with Crippen molar-refractivity contribution in [3.8, 4) is 0 Å². The van der Waals surface area contributed by atoms with Crippen LogP contribution in [-0.2, 0) is 28.5 Å². The van der Waals surface area contributed by atoms with E-state index in [-0.39, 0.29) is 51.5 Å².